The summed E-state index contributed by atoms with van der Waals surface area (Å²) >= 11 is 0. The van der Waals surface area contributed by atoms with Gasteiger partial charge in [0, 0.05) is 11.6 Å². The van der Waals surface area contributed by atoms with Gasteiger partial charge in [-0.1, -0.05) is 72.8 Å². The maximum absolute atomic E-state index is 9.75. The van der Waals surface area contributed by atoms with E-state index in [4.69, 9.17) is 13.9 Å². The molecule has 4 rings (SSSR count). The fraction of sp³-hybridized carbons (Fsp3) is 0.0690. The van der Waals surface area contributed by atoms with E-state index in [1.54, 1.807) is 14.2 Å². The summed E-state index contributed by atoms with van der Waals surface area (Å²) in [5, 5.41) is 0. The minimum Gasteiger partial charge on any atom is -0.493 e. The number of allylic oxidation sites excluding steroid dienone is 2. The average Bonchev–Trinajstić information content (AvgIpc) is 2.91. The first-order valence-electron chi connectivity index (χ1n) is 11.3. The van der Waals surface area contributed by atoms with Gasteiger partial charge < -0.3 is 26.7 Å². The SMILES string of the molecule is COc1ccc(/C=C/C=C/c2cc(-c3ccccc3)cc(-c3ccccc3)[o+]2)cc1OC.F[B-](F)(F)F. The van der Waals surface area contributed by atoms with E-state index in [-0.39, 0.29) is 0 Å². The van der Waals surface area contributed by atoms with E-state index < -0.39 is 7.25 Å². The molecule has 190 valence electrons. The van der Waals surface area contributed by atoms with Crippen LogP contribution in [0.25, 0.3) is 34.6 Å². The lowest BCUT2D eigenvalue weighted by atomic mass is 10.0. The maximum atomic E-state index is 9.75. The Morgan fingerprint density at radius 3 is 1.78 bits per heavy atom. The second-order valence-electron chi connectivity index (χ2n) is 7.67. The first-order valence-corrected chi connectivity index (χ1v) is 11.3. The Kier molecular flexibility index (Phi) is 9.66. The standard InChI is InChI=1S/C29H25O3.BF4/c1-30-27-18-17-22(19-29(27)31-2)11-9-10-16-26-20-25(23-12-5-3-6-13-23)21-28(32-26)24-14-7-4-8-15-24;2-1(3,4)5/h3-21H,1-2H3;/q+1;-1/b11-9+,16-10+;. The average molecular weight is 508 g/mol. The monoisotopic (exact) mass is 508 g/mol. The Balaban J connectivity index is 0.000000695. The zero-order valence-corrected chi connectivity index (χ0v) is 20.3. The highest BCUT2D eigenvalue weighted by Gasteiger charge is 2.20. The number of methoxy groups -OCH3 is 2. The van der Waals surface area contributed by atoms with Gasteiger partial charge in [-0.25, -0.2) is 4.42 Å². The lowest BCUT2D eigenvalue weighted by molar-refractivity contribution is 0.355. The Bertz CT molecular complexity index is 1270. The normalized spacial score (nSPS) is 11.3. The lowest BCUT2D eigenvalue weighted by Gasteiger charge is -2.07. The molecule has 3 nitrogen and oxygen atoms in total. The largest absolute Gasteiger partial charge is 0.673 e. The van der Waals surface area contributed by atoms with Gasteiger partial charge in [0.15, 0.2) is 11.5 Å². The highest BCUT2D eigenvalue weighted by Crippen LogP contribution is 2.30. The highest BCUT2D eigenvalue weighted by molar-refractivity contribution is 6.50. The summed E-state index contributed by atoms with van der Waals surface area (Å²) < 4.78 is 55.9. The summed E-state index contributed by atoms with van der Waals surface area (Å²) in [5.74, 6) is 3.03. The number of benzene rings is 3. The van der Waals surface area contributed by atoms with Gasteiger partial charge in [-0.15, -0.1) is 0 Å². The van der Waals surface area contributed by atoms with Crippen LogP contribution in [-0.4, -0.2) is 21.5 Å². The summed E-state index contributed by atoms with van der Waals surface area (Å²) in [6.45, 7) is 0. The number of hydrogen-bond donors (Lipinski definition) is 0. The molecule has 0 spiro atoms. The molecule has 4 aromatic rings. The van der Waals surface area contributed by atoms with E-state index >= 15 is 0 Å². The second kappa shape index (κ2) is 13.1. The van der Waals surface area contributed by atoms with Gasteiger partial charge in [-0.05, 0) is 35.4 Å². The number of ether oxygens (including phenoxy) is 2. The van der Waals surface area contributed by atoms with Crippen molar-refractivity contribution in [2.75, 3.05) is 14.2 Å². The smallest absolute Gasteiger partial charge is 0.493 e. The highest BCUT2D eigenvalue weighted by atomic mass is 19.5. The molecule has 0 unspecified atom stereocenters. The van der Waals surface area contributed by atoms with Crippen LogP contribution in [0.15, 0.2) is 108 Å². The van der Waals surface area contributed by atoms with Gasteiger partial charge in [0.25, 0.3) is 0 Å². The third-order valence-electron chi connectivity index (χ3n) is 5.05. The molecule has 37 heavy (non-hydrogen) atoms. The van der Waals surface area contributed by atoms with E-state index in [1.165, 1.54) is 0 Å². The molecule has 0 aliphatic heterocycles. The zero-order chi connectivity index (χ0) is 26.7. The van der Waals surface area contributed by atoms with Gasteiger partial charge >= 0.3 is 18.8 Å². The molecule has 0 N–H and O–H groups in total. The van der Waals surface area contributed by atoms with Gasteiger partial charge in [-0.2, -0.15) is 0 Å². The topological polar surface area (TPSA) is 29.8 Å². The molecular weight excluding hydrogens is 483 g/mol. The van der Waals surface area contributed by atoms with Crippen molar-refractivity contribution in [3.8, 4) is 33.9 Å². The second-order valence-corrected chi connectivity index (χ2v) is 7.67. The van der Waals surface area contributed by atoms with Crippen LogP contribution in [0.3, 0.4) is 0 Å². The third kappa shape index (κ3) is 9.00. The van der Waals surface area contributed by atoms with Crippen molar-refractivity contribution in [3.05, 3.63) is 114 Å². The van der Waals surface area contributed by atoms with Crippen LogP contribution in [0.2, 0.25) is 0 Å². The minimum atomic E-state index is -6.00. The maximum Gasteiger partial charge on any atom is 0.673 e. The van der Waals surface area contributed by atoms with Gasteiger partial charge in [0.05, 0.1) is 31.9 Å². The van der Waals surface area contributed by atoms with Crippen LogP contribution in [-0.2, 0) is 0 Å². The molecule has 0 aliphatic carbocycles. The zero-order valence-electron chi connectivity index (χ0n) is 20.3. The summed E-state index contributed by atoms with van der Waals surface area (Å²) in [5.41, 5.74) is 4.32. The van der Waals surface area contributed by atoms with E-state index in [9.17, 15) is 17.3 Å². The molecule has 3 aromatic carbocycles. The van der Waals surface area contributed by atoms with Crippen molar-refractivity contribution >= 4 is 19.4 Å². The summed E-state index contributed by atoms with van der Waals surface area (Å²) in [6, 6.07) is 30.4. The molecule has 0 amide bonds. The van der Waals surface area contributed by atoms with Gasteiger partial charge in [-0.3, -0.25) is 0 Å². The molecule has 0 fully saturated rings. The van der Waals surface area contributed by atoms with Crippen molar-refractivity contribution in [3.63, 3.8) is 0 Å². The van der Waals surface area contributed by atoms with E-state index in [0.717, 1.165) is 33.8 Å². The Labute approximate surface area is 213 Å². The molecule has 0 saturated carbocycles. The van der Waals surface area contributed by atoms with Crippen molar-refractivity contribution in [1.29, 1.82) is 0 Å². The Morgan fingerprint density at radius 2 is 1.19 bits per heavy atom. The van der Waals surface area contributed by atoms with E-state index in [2.05, 4.69) is 36.4 Å². The molecule has 0 atom stereocenters. The molecule has 0 bridgehead atoms. The van der Waals surface area contributed by atoms with Gasteiger partial charge in [0.2, 0.25) is 0 Å². The number of halogens is 4. The molecule has 1 heterocycles. The summed E-state index contributed by atoms with van der Waals surface area (Å²) in [4.78, 5) is 0. The third-order valence-corrected chi connectivity index (χ3v) is 5.05. The van der Waals surface area contributed by atoms with Crippen molar-refractivity contribution in [1.82, 2.24) is 0 Å². The predicted molar refractivity (Wildman–Crippen MR) is 142 cm³/mol. The molecular formula is C29H25BF4O3. The lowest BCUT2D eigenvalue weighted by Crippen LogP contribution is -2.02. The van der Waals surface area contributed by atoms with Gasteiger partial charge in [0.1, 0.15) is 0 Å². The first-order chi connectivity index (χ1) is 17.8. The van der Waals surface area contributed by atoms with E-state index in [1.807, 2.05) is 78.9 Å². The molecule has 0 aliphatic rings. The van der Waals surface area contributed by atoms with Crippen LogP contribution in [0.4, 0.5) is 17.3 Å². The van der Waals surface area contributed by atoms with Crippen molar-refractivity contribution in [2.45, 2.75) is 0 Å². The fourth-order valence-corrected chi connectivity index (χ4v) is 3.42. The quantitative estimate of drug-likeness (QED) is 0.108. The van der Waals surface area contributed by atoms with E-state index in [0.29, 0.717) is 11.5 Å². The fourth-order valence-electron chi connectivity index (χ4n) is 3.42. The first kappa shape index (κ1) is 27.3. The van der Waals surface area contributed by atoms with Crippen molar-refractivity contribution < 1.29 is 31.2 Å². The summed E-state index contributed by atoms with van der Waals surface area (Å²) in [7, 11) is -2.73. The van der Waals surface area contributed by atoms with Crippen LogP contribution in [0, 0.1) is 0 Å². The molecule has 0 saturated heterocycles. The van der Waals surface area contributed by atoms with Crippen LogP contribution >= 0.6 is 0 Å². The molecule has 8 heteroatoms. The minimum absolute atomic E-state index is 0.705. The number of hydrogen-bond acceptors (Lipinski definition) is 2. The van der Waals surface area contributed by atoms with Crippen LogP contribution in [0.1, 0.15) is 11.3 Å². The molecule has 1 aromatic heterocycles. The Morgan fingerprint density at radius 1 is 0.622 bits per heavy atom. The Hall–Kier alpha value is -4.33. The van der Waals surface area contributed by atoms with Crippen molar-refractivity contribution in [2.24, 2.45) is 0 Å². The van der Waals surface area contributed by atoms with Crippen LogP contribution < -0.4 is 9.47 Å². The number of rotatable bonds is 7. The van der Waals surface area contributed by atoms with Crippen LogP contribution in [0.5, 0.6) is 11.5 Å². The summed E-state index contributed by atoms with van der Waals surface area (Å²) in [6.07, 6.45) is 7.93. The molecule has 0 radical (unpaired) electrons. The predicted octanol–water partition coefficient (Wildman–Crippen LogP) is 8.94.